The van der Waals surface area contributed by atoms with Crippen molar-refractivity contribution in [1.29, 1.82) is 0 Å². The topological polar surface area (TPSA) is 77.5 Å². The molecular formula is C25H27NO6. The number of aliphatic hydroxyl groups excluding tert-OH is 1. The van der Waals surface area contributed by atoms with Gasteiger partial charge in [-0.25, -0.2) is 0 Å². The van der Waals surface area contributed by atoms with E-state index in [2.05, 4.69) is 0 Å². The Morgan fingerprint density at radius 1 is 0.750 bits per heavy atom. The summed E-state index contributed by atoms with van der Waals surface area (Å²) in [5.41, 5.74) is 1.11. The van der Waals surface area contributed by atoms with Crippen LogP contribution in [0.5, 0.6) is 23.0 Å². The highest BCUT2D eigenvalue weighted by atomic mass is 16.5. The van der Waals surface area contributed by atoms with Crippen molar-refractivity contribution in [2.45, 2.75) is 6.10 Å². The molecule has 0 aliphatic heterocycles. The van der Waals surface area contributed by atoms with E-state index in [0.717, 1.165) is 0 Å². The number of ether oxygens (including phenoxy) is 4. The number of benzene rings is 3. The standard InChI is InChI=1S/C25H27NO6/c1-29-21-8-4-18(5-9-21)25(28)26(19-6-10-22(30-2)11-7-19)16-20(27)17-32-24-14-12-23(31-3)13-15-24/h4-15,20,27H,16-17H2,1-3H3/t20-/m0/s1. The molecule has 0 spiro atoms. The zero-order chi connectivity index (χ0) is 22.9. The van der Waals surface area contributed by atoms with E-state index in [-0.39, 0.29) is 19.1 Å². The van der Waals surface area contributed by atoms with Crippen LogP contribution in [-0.2, 0) is 0 Å². The van der Waals surface area contributed by atoms with E-state index in [9.17, 15) is 9.90 Å². The Kier molecular flexibility index (Phi) is 7.94. The lowest BCUT2D eigenvalue weighted by Gasteiger charge is -2.26. The fourth-order valence-corrected chi connectivity index (χ4v) is 3.08. The number of hydrogen-bond acceptors (Lipinski definition) is 6. The lowest BCUT2D eigenvalue weighted by Crippen LogP contribution is -2.40. The van der Waals surface area contributed by atoms with Crippen LogP contribution in [-0.4, -0.2) is 51.6 Å². The van der Waals surface area contributed by atoms with Gasteiger partial charge in [-0.1, -0.05) is 0 Å². The molecule has 0 aliphatic rings. The van der Waals surface area contributed by atoms with Crippen LogP contribution in [0.2, 0.25) is 0 Å². The molecule has 0 bridgehead atoms. The molecule has 0 aromatic heterocycles. The molecule has 1 atom stereocenters. The van der Waals surface area contributed by atoms with Crippen LogP contribution in [0.1, 0.15) is 10.4 Å². The van der Waals surface area contributed by atoms with E-state index in [1.807, 2.05) is 0 Å². The lowest BCUT2D eigenvalue weighted by atomic mass is 10.1. The fraction of sp³-hybridized carbons (Fsp3) is 0.240. The summed E-state index contributed by atoms with van der Waals surface area (Å²) in [5.74, 6) is 2.40. The molecule has 0 saturated heterocycles. The van der Waals surface area contributed by atoms with Gasteiger partial charge in [0.25, 0.3) is 5.91 Å². The van der Waals surface area contributed by atoms with E-state index < -0.39 is 6.10 Å². The number of amides is 1. The molecule has 7 nitrogen and oxygen atoms in total. The summed E-state index contributed by atoms with van der Waals surface area (Å²) in [5, 5.41) is 10.6. The van der Waals surface area contributed by atoms with Gasteiger partial charge in [-0.2, -0.15) is 0 Å². The van der Waals surface area contributed by atoms with E-state index in [0.29, 0.717) is 34.2 Å². The minimum Gasteiger partial charge on any atom is -0.497 e. The van der Waals surface area contributed by atoms with Crippen LogP contribution < -0.4 is 23.8 Å². The number of aliphatic hydroxyl groups is 1. The number of methoxy groups -OCH3 is 3. The largest absolute Gasteiger partial charge is 0.497 e. The van der Waals surface area contributed by atoms with Crippen LogP contribution in [0, 0.1) is 0 Å². The average molecular weight is 437 g/mol. The van der Waals surface area contributed by atoms with E-state index in [1.54, 1.807) is 94.1 Å². The van der Waals surface area contributed by atoms with Gasteiger partial charge >= 0.3 is 0 Å². The van der Waals surface area contributed by atoms with Gasteiger partial charge in [-0.3, -0.25) is 4.79 Å². The number of nitrogens with zero attached hydrogens (tertiary/aromatic N) is 1. The SMILES string of the molecule is COc1ccc(OC[C@@H](O)CN(C(=O)c2ccc(OC)cc2)c2ccc(OC)cc2)cc1. The molecule has 0 aliphatic carbocycles. The van der Waals surface area contributed by atoms with Crippen molar-refractivity contribution in [3.63, 3.8) is 0 Å². The maximum absolute atomic E-state index is 13.3. The van der Waals surface area contributed by atoms with Crippen molar-refractivity contribution in [2.75, 3.05) is 39.4 Å². The van der Waals surface area contributed by atoms with Gasteiger partial charge in [-0.05, 0) is 72.8 Å². The van der Waals surface area contributed by atoms with Crippen LogP contribution in [0.25, 0.3) is 0 Å². The predicted octanol–water partition coefficient (Wildman–Crippen LogP) is 3.80. The Labute approximate surface area is 187 Å². The average Bonchev–Trinajstić information content (AvgIpc) is 2.86. The molecule has 7 heteroatoms. The second-order valence-electron chi connectivity index (χ2n) is 6.98. The van der Waals surface area contributed by atoms with Crippen molar-refractivity contribution < 1.29 is 28.8 Å². The molecule has 0 radical (unpaired) electrons. The van der Waals surface area contributed by atoms with Crippen LogP contribution >= 0.6 is 0 Å². The van der Waals surface area contributed by atoms with Gasteiger partial charge in [0.2, 0.25) is 0 Å². The zero-order valence-corrected chi connectivity index (χ0v) is 18.4. The summed E-state index contributed by atoms with van der Waals surface area (Å²) in [4.78, 5) is 14.8. The van der Waals surface area contributed by atoms with Crippen molar-refractivity contribution in [3.8, 4) is 23.0 Å². The molecule has 0 unspecified atom stereocenters. The summed E-state index contributed by atoms with van der Waals surface area (Å²) in [6.07, 6.45) is -0.915. The van der Waals surface area contributed by atoms with E-state index >= 15 is 0 Å². The quantitative estimate of drug-likeness (QED) is 0.520. The highest BCUT2D eigenvalue weighted by molar-refractivity contribution is 6.06. The predicted molar refractivity (Wildman–Crippen MR) is 122 cm³/mol. The highest BCUT2D eigenvalue weighted by Crippen LogP contribution is 2.23. The Balaban J connectivity index is 1.75. The minimum absolute atomic E-state index is 0.0227. The first-order valence-corrected chi connectivity index (χ1v) is 10.1. The van der Waals surface area contributed by atoms with Gasteiger partial charge < -0.3 is 29.0 Å². The third-order valence-electron chi connectivity index (χ3n) is 4.86. The lowest BCUT2D eigenvalue weighted by molar-refractivity contribution is 0.0906. The summed E-state index contributed by atoms with van der Waals surface area (Å²) < 4.78 is 21.2. The first-order valence-electron chi connectivity index (χ1n) is 10.1. The van der Waals surface area contributed by atoms with Crippen molar-refractivity contribution in [2.24, 2.45) is 0 Å². The first kappa shape index (κ1) is 23.0. The normalized spacial score (nSPS) is 11.4. The summed E-state index contributed by atoms with van der Waals surface area (Å²) in [6, 6.07) is 21.0. The molecule has 168 valence electrons. The molecule has 3 rings (SSSR count). The Bertz CT molecular complexity index is 986. The third kappa shape index (κ3) is 5.92. The van der Waals surface area contributed by atoms with Gasteiger partial charge in [-0.15, -0.1) is 0 Å². The monoisotopic (exact) mass is 437 g/mol. The molecule has 1 N–H and O–H groups in total. The van der Waals surface area contributed by atoms with E-state index in [1.165, 1.54) is 4.90 Å². The van der Waals surface area contributed by atoms with E-state index in [4.69, 9.17) is 18.9 Å². The first-order chi connectivity index (χ1) is 15.5. The Morgan fingerprint density at radius 3 is 1.69 bits per heavy atom. The van der Waals surface area contributed by atoms with Crippen LogP contribution in [0.15, 0.2) is 72.8 Å². The maximum Gasteiger partial charge on any atom is 0.258 e. The van der Waals surface area contributed by atoms with Crippen LogP contribution in [0.4, 0.5) is 5.69 Å². The molecule has 1 amide bonds. The molecular weight excluding hydrogens is 410 g/mol. The van der Waals surface area contributed by atoms with Crippen molar-refractivity contribution in [3.05, 3.63) is 78.4 Å². The summed E-state index contributed by atoms with van der Waals surface area (Å²) in [7, 11) is 4.74. The smallest absolute Gasteiger partial charge is 0.258 e. The molecule has 0 fully saturated rings. The number of carbonyl (C=O) groups is 1. The number of rotatable bonds is 10. The zero-order valence-electron chi connectivity index (χ0n) is 18.4. The Morgan fingerprint density at radius 2 is 1.19 bits per heavy atom. The summed E-state index contributed by atoms with van der Waals surface area (Å²) in [6.45, 7) is 0.0716. The second-order valence-corrected chi connectivity index (χ2v) is 6.98. The minimum atomic E-state index is -0.915. The molecule has 32 heavy (non-hydrogen) atoms. The summed E-state index contributed by atoms with van der Waals surface area (Å²) >= 11 is 0. The highest BCUT2D eigenvalue weighted by Gasteiger charge is 2.22. The van der Waals surface area contributed by atoms with Crippen LogP contribution in [0.3, 0.4) is 0 Å². The molecule has 3 aromatic carbocycles. The van der Waals surface area contributed by atoms with Crippen molar-refractivity contribution >= 4 is 11.6 Å². The second kappa shape index (κ2) is 11.1. The number of carbonyl (C=O) groups excluding carboxylic acids is 1. The van der Waals surface area contributed by atoms with Gasteiger partial charge in [0, 0.05) is 11.3 Å². The van der Waals surface area contributed by atoms with Gasteiger partial charge in [0.05, 0.1) is 27.9 Å². The molecule has 0 saturated carbocycles. The fourth-order valence-electron chi connectivity index (χ4n) is 3.08. The van der Waals surface area contributed by atoms with Gasteiger partial charge in [0.1, 0.15) is 35.7 Å². The van der Waals surface area contributed by atoms with Gasteiger partial charge in [0.15, 0.2) is 0 Å². The van der Waals surface area contributed by atoms with Crippen molar-refractivity contribution in [1.82, 2.24) is 0 Å². The number of hydrogen-bond donors (Lipinski definition) is 1. The number of anilines is 1. The molecule has 3 aromatic rings. The maximum atomic E-state index is 13.3. The molecule has 0 heterocycles. The third-order valence-corrected chi connectivity index (χ3v) is 4.86. The Hall–Kier alpha value is -3.71.